The molecule has 0 aromatic carbocycles. The Hall–Kier alpha value is -1.24. The Morgan fingerprint density at radius 1 is 1.65 bits per heavy atom. The molecule has 94 valence electrons. The molecule has 0 spiro atoms. The maximum absolute atomic E-state index is 12.4. The highest BCUT2D eigenvalue weighted by Crippen LogP contribution is 2.54. The Kier molecular flexibility index (Phi) is 2.81. The lowest BCUT2D eigenvalue weighted by Crippen LogP contribution is -2.19. The number of nitrogens with zero attached hydrogens (tertiary/aromatic N) is 2. The van der Waals surface area contributed by atoms with Crippen LogP contribution in [0.4, 0.5) is 13.2 Å². The molecular formula is C9H9ClF3N3O. The van der Waals surface area contributed by atoms with Crippen LogP contribution >= 0.6 is 11.6 Å². The molecule has 0 saturated heterocycles. The van der Waals surface area contributed by atoms with E-state index in [0.717, 1.165) is 0 Å². The minimum Gasteiger partial charge on any atom is -0.354 e. The molecule has 1 aromatic heterocycles. The number of nitrogens with one attached hydrogen (secondary N) is 1. The number of carbonyl (C=O) groups excluding carboxylic acids is 1. The second kappa shape index (κ2) is 3.90. The third kappa shape index (κ3) is 2.11. The molecule has 1 amide bonds. The predicted octanol–water partition coefficient (Wildman–Crippen LogP) is 2.02. The molecule has 17 heavy (non-hydrogen) atoms. The quantitative estimate of drug-likeness (QED) is 0.891. The molecule has 2 rings (SSSR count). The van der Waals surface area contributed by atoms with Gasteiger partial charge in [-0.1, -0.05) is 11.6 Å². The van der Waals surface area contributed by atoms with Crippen molar-refractivity contribution in [3.63, 3.8) is 0 Å². The smallest absolute Gasteiger partial charge is 0.354 e. The molecule has 2 unspecified atom stereocenters. The van der Waals surface area contributed by atoms with E-state index in [2.05, 4.69) is 10.3 Å². The van der Waals surface area contributed by atoms with Gasteiger partial charge >= 0.3 is 6.18 Å². The average molecular weight is 268 g/mol. The van der Waals surface area contributed by atoms with Crippen LogP contribution in [0.3, 0.4) is 0 Å². The van der Waals surface area contributed by atoms with Crippen molar-refractivity contribution in [1.82, 2.24) is 14.9 Å². The number of halogens is 4. The van der Waals surface area contributed by atoms with Crippen molar-refractivity contribution < 1.29 is 18.0 Å². The van der Waals surface area contributed by atoms with Gasteiger partial charge in [0.15, 0.2) is 5.69 Å². The van der Waals surface area contributed by atoms with Gasteiger partial charge in [-0.2, -0.15) is 13.2 Å². The summed E-state index contributed by atoms with van der Waals surface area (Å²) in [7, 11) is 1.40. The summed E-state index contributed by atoms with van der Waals surface area (Å²) in [4.78, 5) is 15.0. The van der Waals surface area contributed by atoms with Crippen LogP contribution in [-0.2, 0) is 0 Å². The third-order valence-electron chi connectivity index (χ3n) is 2.71. The summed E-state index contributed by atoms with van der Waals surface area (Å²) in [5.41, 5.74) is -0.0537. The van der Waals surface area contributed by atoms with Crippen LogP contribution in [0.15, 0.2) is 6.33 Å². The minimum atomic E-state index is -4.23. The molecule has 1 aliphatic carbocycles. The van der Waals surface area contributed by atoms with Gasteiger partial charge in [-0.25, -0.2) is 4.98 Å². The molecule has 0 aliphatic heterocycles. The summed E-state index contributed by atoms with van der Waals surface area (Å²) in [6.45, 7) is 0. The Bertz CT molecular complexity index is 457. The van der Waals surface area contributed by atoms with Gasteiger partial charge in [0.25, 0.3) is 5.91 Å². The molecule has 1 heterocycles. The number of amides is 1. The van der Waals surface area contributed by atoms with Gasteiger partial charge in [-0.3, -0.25) is 4.79 Å². The zero-order valence-electron chi connectivity index (χ0n) is 8.75. The molecule has 1 saturated carbocycles. The van der Waals surface area contributed by atoms with Crippen LogP contribution in [0.1, 0.15) is 23.0 Å². The van der Waals surface area contributed by atoms with Crippen LogP contribution in [0, 0.1) is 5.92 Å². The highest BCUT2D eigenvalue weighted by molar-refractivity contribution is 6.32. The zero-order valence-corrected chi connectivity index (χ0v) is 9.51. The predicted molar refractivity (Wildman–Crippen MR) is 53.8 cm³/mol. The molecule has 1 fully saturated rings. The highest BCUT2D eigenvalue weighted by atomic mass is 35.5. The van der Waals surface area contributed by atoms with E-state index in [1.54, 1.807) is 0 Å². The zero-order chi connectivity index (χ0) is 12.8. The second-order valence-corrected chi connectivity index (χ2v) is 4.18. The Morgan fingerprint density at radius 3 is 2.76 bits per heavy atom. The summed E-state index contributed by atoms with van der Waals surface area (Å²) in [6, 6.07) is -0.742. The number of imidazole rings is 1. The second-order valence-electron chi connectivity index (χ2n) is 3.82. The largest absolute Gasteiger partial charge is 0.393 e. The summed E-state index contributed by atoms with van der Waals surface area (Å²) >= 11 is 5.82. The monoisotopic (exact) mass is 267 g/mol. The minimum absolute atomic E-state index is 0.0211. The van der Waals surface area contributed by atoms with Crippen LogP contribution in [-0.4, -0.2) is 28.7 Å². The van der Waals surface area contributed by atoms with Gasteiger partial charge in [0.1, 0.15) is 5.15 Å². The first-order valence-electron chi connectivity index (χ1n) is 4.87. The Morgan fingerprint density at radius 2 is 2.29 bits per heavy atom. The lowest BCUT2D eigenvalue weighted by molar-refractivity contribution is -0.150. The van der Waals surface area contributed by atoms with Crippen molar-refractivity contribution in [2.24, 2.45) is 5.92 Å². The summed E-state index contributed by atoms with van der Waals surface area (Å²) in [6.07, 6.45) is -3.08. The first-order chi connectivity index (χ1) is 7.86. The third-order valence-corrected chi connectivity index (χ3v) is 3.08. The van der Waals surface area contributed by atoms with E-state index >= 15 is 0 Å². The van der Waals surface area contributed by atoms with Gasteiger partial charge in [0, 0.05) is 13.1 Å². The lowest BCUT2D eigenvalue weighted by atomic mass is 10.4. The fourth-order valence-corrected chi connectivity index (χ4v) is 1.99. The fourth-order valence-electron chi connectivity index (χ4n) is 1.69. The molecule has 0 radical (unpaired) electrons. The highest BCUT2D eigenvalue weighted by Gasteiger charge is 2.57. The van der Waals surface area contributed by atoms with Crippen molar-refractivity contribution >= 4 is 17.5 Å². The summed E-state index contributed by atoms with van der Waals surface area (Å²) < 4.78 is 38.3. The summed E-state index contributed by atoms with van der Waals surface area (Å²) in [5.74, 6) is -1.91. The normalized spacial score (nSPS) is 23.6. The first kappa shape index (κ1) is 12.2. The van der Waals surface area contributed by atoms with Gasteiger partial charge in [-0.05, 0) is 6.42 Å². The number of hydrogen-bond donors (Lipinski definition) is 1. The topological polar surface area (TPSA) is 46.9 Å². The van der Waals surface area contributed by atoms with E-state index in [9.17, 15) is 18.0 Å². The standard InChI is InChI=1S/C9H9ClF3N3O/c1-14-8(17)6-7(10)16(3-15-6)5-2-4(5)9(11,12)13/h3-5H,2H2,1H3,(H,14,17). The molecule has 1 aromatic rings. The number of hydrogen-bond acceptors (Lipinski definition) is 2. The molecule has 0 bridgehead atoms. The van der Waals surface area contributed by atoms with Gasteiger partial charge in [0.2, 0.25) is 0 Å². The van der Waals surface area contributed by atoms with Crippen LogP contribution in [0.2, 0.25) is 5.15 Å². The van der Waals surface area contributed by atoms with Crippen molar-refractivity contribution in [1.29, 1.82) is 0 Å². The fraction of sp³-hybridized carbons (Fsp3) is 0.556. The van der Waals surface area contributed by atoms with Gasteiger partial charge in [0.05, 0.1) is 12.2 Å². The van der Waals surface area contributed by atoms with E-state index in [1.165, 1.54) is 17.9 Å². The van der Waals surface area contributed by atoms with E-state index in [4.69, 9.17) is 11.6 Å². The van der Waals surface area contributed by atoms with Crippen LogP contribution in [0.25, 0.3) is 0 Å². The maximum atomic E-state index is 12.4. The van der Waals surface area contributed by atoms with Crippen molar-refractivity contribution in [3.8, 4) is 0 Å². The van der Waals surface area contributed by atoms with Gasteiger partial charge < -0.3 is 9.88 Å². The number of aromatic nitrogens is 2. The van der Waals surface area contributed by atoms with E-state index in [1.807, 2.05) is 0 Å². The molecule has 2 atom stereocenters. The number of alkyl halides is 3. The molecule has 1 aliphatic rings. The van der Waals surface area contributed by atoms with Gasteiger partial charge in [-0.15, -0.1) is 0 Å². The average Bonchev–Trinajstić information content (AvgIpc) is 2.96. The van der Waals surface area contributed by atoms with Crippen molar-refractivity contribution in [2.45, 2.75) is 18.6 Å². The van der Waals surface area contributed by atoms with E-state index < -0.39 is 24.0 Å². The molecule has 4 nitrogen and oxygen atoms in total. The van der Waals surface area contributed by atoms with E-state index in [0.29, 0.717) is 0 Å². The molecular weight excluding hydrogens is 259 g/mol. The number of rotatable bonds is 2. The molecule has 1 N–H and O–H groups in total. The first-order valence-corrected chi connectivity index (χ1v) is 5.25. The van der Waals surface area contributed by atoms with Crippen LogP contribution in [0.5, 0.6) is 0 Å². The van der Waals surface area contributed by atoms with Crippen molar-refractivity contribution in [2.75, 3.05) is 7.05 Å². The van der Waals surface area contributed by atoms with Crippen LogP contribution < -0.4 is 5.32 Å². The molecule has 8 heteroatoms. The lowest BCUT2D eigenvalue weighted by Gasteiger charge is -2.06. The van der Waals surface area contributed by atoms with Crippen molar-refractivity contribution in [3.05, 3.63) is 17.2 Å². The maximum Gasteiger partial charge on any atom is 0.393 e. The van der Waals surface area contributed by atoms with E-state index in [-0.39, 0.29) is 17.3 Å². The SMILES string of the molecule is CNC(=O)c1ncn(C2CC2C(F)(F)F)c1Cl. The summed E-state index contributed by atoms with van der Waals surface area (Å²) in [5, 5.41) is 2.26. The Balaban J connectivity index is 2.20. The Labute approximate surface area is 99.8 Å². The number of carbonyl (C=O) groups is 1.